The molecule has 0 saturated heterocycles. The number of carbonyl (C=O) groups is 2. The van der Waals surface area contributed by atoms with Crippen molar-refractivity contribution in [1.82, 2.24) is 15.2 Å². The van der Waals surface area contributed by atoms with Crippen molar-refractivity contribution in [3.8, 4) is 5.75 Å². The molecule has 4 aromatic rings. The smallest absolute Gasteiger partial charge is 0.255 e. The van der Waals surface area contributed by atoms with E-state index in [2.05, 4.69) is 10.3 Å². The molecule has 2 aromatic heterocycles. The van der Waals surface area contributed by atoms with Gasteiger partial charge in [0.05, 0.1) is 24.2 Å². The molecule has 0 bridgehead atoms. The Labute approximate surface area is 231 Å². The summed E-state index contributed by atoms with van der Waals surface area (Å²) in [5, 5.41) is 6.58. The molecule has 1 fully saturated rings. The number of nitrogens with one attached hydrogen (secondary N) is 1. The summed E-state index contributed by atoms with van der Waals surface area (Å²) in [6.07, 6.45) is 4.11. The van der Waals surface area contributed by atoms with Gasteiger partial charge >= 0.3 is 0 Å². The number of rotatable bonds is 8. The zero-order valence-corrected chi connectivity index (χ0v) is 23.0. The summed E-state index contributed by atoms with van der Waals surface area (Å²) < 4.78 is 5.34. The number of thiophene rings is 1. The largest absolute Gasteiger partial charge is 0.497 e. The molecule has 2 amide bonds. The van der Waals surface area contributed by atoms with Crippen LogP contribution in [0.5, 0.6) is 5.75 Å². The molecule has 0 radical (unpaired) electrons. The molecule has 2 aromatic carbocycles. The Kier molecular flexibility index (Phi) is 7.95. The monoisotopic (exact) mass is 547 g/mol. The number of nitrogens with zero attached hydrogens (tertiary/aromatic N) is 2. The average molecular weight is 548 g/mol. The third kappa shape index (κ3) is 5.69. The molecule has 1 N–H and O–H groups in total. The van der Waals surface area contributed by atoms with Crippen LogP contribution in [0.25, 0.3) is 10.9 Å². The van der Waals surface area contributed by atoms with E-state index in [4.69, 9.17) is 16.3 Å². The van der Waals surface area contributed by atoms with E-state index < -0.39 is 6.04 Å². The molecule has 1 aliphatic carbocycles. The first-order valence-electron chi connectivity index (χ1n) is 12.8. The molecular weight excluding hydrogens is 518 g/mol. The van der Waals surface area contributed by atoms with Crippen molar-refractivity contribution in [2.45, 2.75) is 51.2 Å². The van der Waals surface area contributed by atoms with Gasteiger partial charge in [-0.3, -0.25) is 14.6 Å². The maximum atomic E-state index is 14.2. The fourth-order valence-corrected chi connectivity index (χ4v) is 6.09. The minimum Gasteiger partial charge on any atom is -0.497 e. The molecule has 0 aliphatic heterocycles. The quantitative estimate of drug-likeness (QED) is 0.266. The maximum Gasteiger partial charge on any atom is 0.255 e. The molecule has 1 saturated carbocycles. The number of benzene rings is 2. The summed E-state index contributed by atoms with van der Waals surface area (Å²) in [5.74, 6) is 0.264. The van der Waals surface area contributed by atoms with Crippen molar-refractivity contribution in [2.24, 2.45) is 0 Å². The lowest BCUT2D eigenvalue weighted by Crippen LogP contribution is -2.45. The third-order valence-corrected chi connectivity index (χ3v) is 8.17. The summed E-state index contributed by atoms with van der Waals surface area (Å²) in [6.45, 7) is 2.17. The van der Waals surface area contributed by atoms with Gasteiger partial charge in [-0.25, -0.2) is 0 Å². The number of carbonyl (C=O) groups excluding carboxylic acids is 2. The van der Waals surface area contributed by atoms with E-state index in [9.17, 15) is 9.59 Å². The molecule has 6 nitrogen and oxygen atoms in total. The Morgan fingerprint density at radius 3 is 2.58 bits per heavy atom. The molecule has 0 spiro atoms. The van der Waals surface area contributed by atoms with Crippen LogP contribution in [0.1, 0.15) is 58.2 Å². The number of fused-ring (bicyclic) bond motifs is 1. The zero-order valence-electron chi connectivity index (χ0n) is 21.4. The topological polar surface area (TPSA) is 71.5 Å². The van der Waals surface area contributed by atoms with Gasteiger partial charge in [0.25, 0.3) is 5.91 Å². The lowest BCUT2D eigenvalue weighted by Gasteiger charge is -2.32. The van der Waals surface area contributed by atoms with Gasteiger partial charge in [-0.2, -0.15) is 0 Å². The van der Waals surface area contributed by atoms with Gasteiger partial charge in [-0.1, -0.05) is 48.7 Å². The van der Waals surface area contributed by atoms with E-state index in [0.29, 0.717) is 28.4 Å². The summed E-state index contributed by atoms with van der Waals surface area (Å²) >= 11 is 7.99. The molecule has 0 unspecified atom stereocenters. The Hall–Kier alpha value is -3.42. The third-order valence-electron chi connectivity index (χ3n) is 6.99. The summed E-state index contributed by atoms with van der Waals surface area (Å²) in [6, 6.07) is 17.8. The second kappa shape index (κ2) is 11.5. The lowest BCUT2D eigenvalue weighted by molar-refractivity contribution is -0.126. The van der Waals surface area contributed by atoms with Crippen LogP contribution in [0.15, 0.2) is 66.0 Å². The van der Waals surface area contributed by atoms with Gasteiger partial charge in [-0.05, 0) is 67.1 Å². The molecule has 1 atom stereocenters. The minimum atomic E-state index is -0.819. The number of hydrogen-bond acceptors (Lipinski definition) is 5. The maximum absolute atomic E-state index is 14.2. The van der Waals surface area contributed by atoms with Crippen molar-refractivity contribution >= 4 is 45.7 Å². The van der Waals surface area contributed by atoms with Crippen LogP contribution in [-0.2, 0) is 11.3 Å². The molecule has 196 valence electrons. The van der Waals surface area contributed by atoms with Crippen molar-refractivity contribution in [2.75, 3.05) is 7.11 Å². The summed E-state index contributed by atoms with van der Waals surface area (Å²) in [7, 11) is 1.60. The van der Waals surface area contributed by atoms with E-state index in [1.165, 1.54) is 0 Å². The predicted octanol–water partition coefficient (Wildman–Crippen LogP) is 6.71. The van der Waals surface area contributed by atoms with Crippen molar-refractivity contribution in [1.29, 1.82) is 0 Å². The van der Waals surface area contributed by atoms with Crippen LogP contribution in [0.4, 0.5) is 0 Å². The van der Waals surface area contributed by atoms with E-state index in [1.807, 2.05) is 60.8 Å². The Morgan fingerprint density at radius 2 is 1.89 bits per heavy atom. The van der Waals surface area contributed by atoms with E-state index in [1.54, 1.807) is 35.5 Å². The van der Waals surface area contributed by atoms with Crippen LogP contribution >= 0.6 is 22.9 Å². The first kappa shape index (κ1) is 26.2. The standard InChI is InChI=1S/C30H30ClN3O3S/c1-19-16-26(31)25-14-11-21(17-27(25)32-19)30(36)34(18-24-8-5-15-38-24)28(20-9-12-23(37-2)13-10-20)29(35)33-22-6-3-4-7-22/h5,8-17,22,28H,3-4,6-7,18H2,1-2H3,(H,33,35)/t28-/m0/s1. The van der Waals surface area contributed by atoms with Crippen LogP contribution < -0.4 is 10.1 Å². The van der Waals surface area contributed by atoms with Crippen LogP contribution in [0.3, 0.4) is 0 Å². The fourth-order valence-electron chi connectivity index (χ4n) is 5.07. The van der Waals surface area contributed by atoms with Gasteiger partial charge in [0, 0.05) is 27.6 Å². The summed E-state index contributed by atoms with van der Waals surface area (Å²) in [5.41, 5.74) is 2.60. The van der Waals surface area contributed by atoms with Crippen molar-refractivity contribution < 1.29 is 14.3 Å². The molecule has 2 heterocycles. The van der Waals surface area contributed by atoms with Gasteiger partial charge in [-0.15, -0.1) is 11.3 Å². The number of aromatic nitrogens is 1. The number of hydrogen-bond donors (Lipinski definition) is 1. The highest BCUT2D eigenvalue weighted by atomic mass is 35.5. The fraction of sp³-hybridized carbons (Fsp3) is 0.300. The Bertz CT molecular complexity index is 1430. The van der Waals surface area contributed by atoms with Gasteiger partial charge < -0.3 is 15.0 Å². The highest BCUT2D eigenvalue weighted by molar-refractivity contribution is 7.09. The Morgan fingerprint density at radius 1 is 1.13 bits per heavy atom. The number of amides is 2. The zero-order chi connectivity index (χ0) is 26.6. The second-order valence-corrected chi connectivity index (χ2v) is 11.1. The minimum absolute atomic E-state index is 0.122. The van der Waals surface area contributed by atoms with E-state index in [-0.39, 0.29) is 17.9 Å². The van der Waals surface area contributed by atoms with Gasteiger partial charge in [0.15, 0.2) is 0 Å². The van der Waals surface area contributed by atoms with Crippen molar-refractivity contribution in [3.05, 3.63) is 92.8 Å². The predicted molar refractivity (Wildman–Crippen MR) is 152 cm³/mol. The highest BCUT2D eigenvalue weighted by Gasteiger charge is 2.34. The summed E-state index contributed by atoms with van der Waals surface area (Å²) in [4.78, 5) is 35.4. The number of halogens is 1. The molecule has 5 rings (SSSR count). The number of aryl methyl sites for hydroxylation is 1. The molecule has 1 aliphatic rings. The van der Waals surface area contributed by atoms with E-state index in [0.717, 1.165) is 47.2 Å². The number of methoxy groups -OCH3 is 1. The lowest BCUT2D eigenvalue weighted by atomic mass is 10.0. The number of pyridine rings is 1. The van der Waals surface area contributed by atoms with Gasteiger partial charge in [0.2, 0.25) is 5.91 Å². The first-order chi connectivity index (χ1) is 18.4. The van der Waals surface area contributed by atoms with Crippen LogP contribution in [0, 0.1) is 6.92 Å². The molecule has 8 heteroatoms. The average Bonchev–Trinajstić information content (AvgIpc) is 3.62. The first-order valence-corrected chi connectivity index (χ1v) is 14.0. The van der Waals surface area contributed by atoms with Crippen LogP contribution in [0.2, 0.25) is 5.02 Å². The normalized spacial score (nSPS) is 14.4. The van der Waals surface area contributed by atoms with Gasteiger partial charge in [0.1, 0.15) is 11.8 Å². The van der Waals surface area contributed by atoms with Crippen LogP contribution in [-0.4, -0.2) is 34.8 Å². The van der Waals surface area contributed by atoms with Crippen molar-refractivity contribution in [3.63, 3.8) is 0 Å². The number of ether oxygens (including phenoxy) is 1. The van der Waals surface area contributed by atoms with E-state index >= 15 is 0 Å². The second-order valence-electron chi connectivity index (χ2n) is 9.66. The highest BCUT2D eigenvalue weighted by Crippen LogP contribution is 2.31. The molecule has 38 heavy (non-hydrogen) atoms. The Balaban J connectivity index is 1.58. The molecular formula is C30H30ClN3O3S. The SMILES string of the molecule is COc1ccc([C@@H](C(=O)NC2CCCC2)N(Cc2cccs2)C(=O)c2ccc3c(Cl)cc(C)nc3c2)cc1.